The third-order valence-corrected chi connectivity index (χ3v) is 6.50. The predicted molar refractivity (Wildman–Crippen MR) is 132 cm³/mol. The van der Waals surface area contributed by atoms with Crippen molar-refractivity contribution in [1.82, 2.24) is 5.32 Å². The number of ether oxygens (including phenoxy) is 1. The van der Waals surface area contributed by atoms with Gasteiger partial charge in [-0.05, 0) is 39.0 Å². The third-order valence-electron chi connectivity index (χ3n) is 6.50. The number of aliphatic hydroxyl groups is 5. The molecule has 6 atom stereocenters. The van der Waals surface area contributed by atoms with Gasteiger partial charge in [0.05, 0.1) is 6.61 Å². The average molecular weight is 488 g/mol. The van der Waals surface area contributed by atoms with Crippen molar-refractivity contribution in [3.63, 3.8) is 0 Å². The van der Waals surface area contributed by atoms with Crippen LogP contribution in [0, 0.1) is 0 Å². The molecule has 1 rings (SSSR count). The van der Waals surface area contributed by atoms with E-state index in [2.05, 4.69) is 24.4 Å². The molecule has 8 heteroatoms. The summed E-state index contributed by atoms with van der Waals surface area (Å²) in [5, 5.41) is 52.3. The van der Waals surface area contributed by atoms with Gasteiger partial charge in [0, 0.05) is 6.42 Å². The zero-order valence-corrected chi connectivity index (χ0v) is 21.2. The number of unbranched alkanes of at least 4 members (excludes halogenated alkanes) is 11. The van der Waals surface area contributed by atoms with Gasteiger partial charge in [-0.15, -0.1) is 0 Å². The molecule has 0 bridgehead atoms. The van der Waals surface area contributed by atoms with Crippen molar-refractivity contribution in [2.45, 2.75) is 140 Å². The van der Waals surface area contributed by atoms with E-state index >= 15 is 0 Å². The van der Waals surface area contributed by atoms with Crippen LogP contribution in [0.25, 0.3) is 0 Å². The first-order valence-electron chi connectivity index (χ1n) is 13.2. The highest BCUT2D eigenvalue weighted by molar-refractivity contribution is 5.76. The normalized spacial score (nSPS) is 27.1. The average Bonchev–Trinajstić information content (AvgIpc) is 2.79. The molecule has 0 spiro atoms. The molecule has 1 saturated heterocycles. The van der Waals surface area contributed by atoms with E-state index in [1.807, 2.05) is 0 Å². The van der Waals surface area contributed by atoms with Gasteiger partial charge in [0.15, 0.2) is 5.72 Å². The second kappa shape index (κ2) is 17.4. The van der Waals surface area contributed by atoms with Crippen molar-refractivity contribution in [3.8, 4) is 0 Å². The molecule has 200 valence electrons. The number of hydrogen-bond donors (Lipinski definition) is 6. The minimum Gasteiger partial charge on any atom is -0.394 e. The number of amides is 1. The largest absolute Gasteiger partial charge is 0.394 e. The summed E-state index contributed by atoms with van der Waals surface area (Å²) in [5.41, 5.74) is -1.97. The van der Waals surface area contributed by atoms with E-state index in [1.54, 1.807) is 0 Å². The highest BCUT2D eigenvalue weighted by atomic mass is 16.6. The lowest BCUT2D eigenvalue weighted by Crippen LogP contribution is -2.68. The van der Waals surface area contributed by atoms with E-state index in [4.69, 9.17) is 4.74 Å². The highest BCUT2D eigenvalue weighted by Gasteiger charge is 2.50. The van der Waals surface area contributed by atoms with Crippen LogP contribution in [0.15, 0.2) is 12.2 Å². The molecule has 8 nitrogen and oxygen atoms in total. The summed E-state index contributed by atoms with van der Waals surface area (Å²) >= 11 is 0. The number of carbonyl (C=O) groups is 1. The highest BCUT2D eigenvalue weighted by Crippen LogP contribution is 2.27. The first kappa shape index (κ1) is 31.0. The lowest BCUT2D eigenvalue weighted by Gasteiger charge is -2.45. The number of rotatable bonds is 18. The van der Waals surface area contributed by atoms with Crippen molar-refractivity contribution in [2.75, 3.05) is 6.61 Å². The van der Waals surface area contributed by atoms with Crippen LogP contribution in [-0.4, -0.2) is 74.3 Å². The van der Waals surface area contributed by atoms with Crippen LogP contribution in [-0.2, 0) is 9.53 Å². The van der Waals surface area contributed by atoms with E-state index < -0.39 is 42.9 Å². The molecule has 0 saturated carbocycles. The van der Waals surface area contributed by atoms with Gasteiger partial charge in [-0.3, -0.25) is 4.79 Å². The Balaban J connectivity index is 2.13. The van der Waals surface area contributed by atoms with Gasteiger partial charge >= 0.3 is 0 Å². The molecule has 6 N–H and O–H groups in total. The van der Waals surface area contributed by atoms with Crippen LogP contribution in [0.4, 0.5) is 0 Å². The van der Waals surface area contributed by atoms with Crippen molar-refractivity contribution in [3.05, 3.63) is 12.2 Å². The van der Waals surface area contributed by atoms with Crippen LogP contribution in [0.2, 0.25) is 0 Å². The van der Waals surface area contributed by atoms with Crippen molar-refractivity contribution >= 4 is 5.91 Å². The fourth-order valence-corrected chi connectivity index (χ4v) is 4.34. The Morgan fingerprint density at radius 1 is 0.853 bits per heavy atom. The molecule has 34 heavy (non-hydrogen) atoms. The molecule has 1 aliphatic heterocycles. The molecule has 1 heterocycles. The van der Waals surface area contributed by atoms with Crippen molar-refractivity contribution in [1.29, 1.82) is 0 Å². The molecule has 1 fully saturated rings. The monoisotopic (exact) mass is 487 g/mol. The Bertz CT molecular complexity index is 567. The van der Waals surface area contributed by atoms with Crippen LogP contribution in [0.5, 0.6) is 0 Å². The van der Waals surface area contributed by atoms with Crippen LogP contribution in [0.3, 0.4) is 0 Å². The van der Waals surface area contributed by atoms with E-state index in [1.165, 1.54) is 51.9 Å². The molecule has 0 aromatic heterocycles. The predicted octanol–water partition coefficient (Wildman–Crippen LogP) is 2.69. The number of allylic oxidation sites excluding steroid dienone is 2. The second-order valence-electron chi connectivity index (χ2n) is 9.78. The molecule has 0 aliphatic carbocycles. The fourth-order valence-electron chi connectivity index (χ4n) is 4.34. The minimum absolute atomic E-state index is 0.228. The lowest BCUT2D eigenvalue weighted by atomic mass is 9.90. The summed E-state index contributed by atoms with van der Waals surface area (Å²) in [5.74, 6) is -0.389. The van der Waals surface area contributed by atoms with Gasteiger partial charge in [-0.2, -0.15) is 0 Å². The summed E-state index contributed by atoms with van der Waals surface area (Å²) in [4.78, 5) is 12.3. The Kier molecular flexibility index (Phi) is 15.9. The van der Waals surface area contributed by atoms with Gasteiger partial charge in [-0.25, -0.2) is 0 Å². The number of hydrogen-bond acceptors (Lipinski definition) is 7. The fraction of sp³-hybridized carbons (Fsp3) is 0.885. The SMILES string of the molecule is CCCCCCCC/C=C\CCCCCCCC(=O)NC(C)(O)[C@@H]1O[C@H](CO)[C@@H](O)[C@H](O)[C@H]1O. The summed E-state index contributed by atoms with van der Waals surface area (Å²) in [6, 6.07) is 0. The summed E-state index contributed by atoms with van der Waals surface area (Å²) in [7, 11) is 0. The van der Waals surface area contributed by atoms with Crippen LogP contribution < -0.4 is 5.32 Å². The van der Waals surface area contributed by atoms with E-state index in [0.717, 1.165) is 32.1 Å². The van der Waals surface area contributed by atoms with E-state index in [0.29, 0.717) is 6.42 Å². The van der Waals surface area contributed by atoms with Gasteiger partial charge < -0.3 is 35.6 Å². The quantitative estimate of drug-likeness (QED) is 0.0992. The minimum atomic E-state index is -1.97. The molecule has 0 aromatic carbocycles. The molecule has 1 unspecified atom stereocenters. The number of aliphatic hydroxyl groups excluding tert-OH is 4. The molecule has 0 aromatic rings. The van der Waals surface area contributed by atoms with E-state index in [9.17, 15) is 30.3 Å². The first-order valence-corrected chi connectivity index (χ1v) is 13.2. The van der Waals surface area contributed by atoms with Crippen LogP contribution >= 0.6 is 0 Å². The standard InChI is InChI=1S/C26H49NO7/c1-3-4-5-6-7-8-9-10-11-12-13-14-15-16-17-18-21(29)27-26(2,33)25-24(32)23(31)22(30)20(19-28)34-25/h10-11,20,22-25,28,30-33H,3-9,12-19H2,1-2H3,(H,27,29)/b11-10-/t20-,22-,23+,24-,25-,26?/m1/s1. The maximum absolute atomic E-state index is 12.3. The summed E-state index contributed by atoms with van der Waals surface area (Å²) in [6.45, 7) is 2.90. The second-order valence-corrected chi connectivity index (χ2v) is 9.78. The van der Waals surface area contributed by atoms with E-state index in [-0.39, 0.29) is 12.3 Å². The van der Waals surface area contributed by atoms with Gasteiger partial charge in [-0.1, -0.05) is 70.4 Å². The van der Waals surface area contributed by atoms with Crippen LogP contribution in [0.1, 0.15) is 104 Å². The van der Waals surface area contributed by atoms with Crippen molar-refractivity contribution < 1.29 is 35.1 Å². The van der Waals surface area contributed by atoms with Crippen molar-refractivity contribution in [2.24, 2.45) is 0 Å². The topological polar surface area (TPSA) is 139 Å². The molecular formula is C26H49NO7. The Morgan fingerprint density at radius 2 is 1.38 bits per heavy atom. The number of nitrogens with one attached hydrogen (secondary N) is 1. The smallest absolute Gasteiger partial charge is 0.222 e. The van der Waals surface area contributed by atoms with Gasteiger partial charge in [0.25, 0.3) is 0 Å². The molecular weight excluding hydrogens is 438 g/mol. The lowest BCUT2D eigenvalue weighted by molar-refractivity contribution is -0.271. The maximum Gasteiger partial charge on any atom is 0.222 e. The first-order chi connectivity index (χ1) is 16.2. The summed E-state index contributed by atoms with van der Waals surface area (Å²) < 4.78 is 5.35. The summed E-state index contributed by atoms with van der Waals surface area (Å²) in [6.07, 6.45) is 12.7. The zero-order valence-electron chi connectivity index (χ0n) is 21.2. The maximum atomic E-state index is 12.3. The third kappa shape index (κ3) is 11.6. The molecule has 1 amide bonds. The Labute approximate surface area is 205 Å². The Morgan fingerprint density at radius 3 is 1.94 bits per heavy atom. The zero-order chi connectivity index (χ0) is 25.4. The number of carbonyl (C=O) groups excluding carboxylic acids is 1. The Hall–Kier alpha value is -1.03. The van der Waals surface area contributed by atoms with Gasteiger partial charge in [0.2, 0.25) is 5.91 Å². The molecule has 1 aliphatic rings. The molecule has 0 radical (unpaired) electrons. The van der Waals surface area contributed by atoms with Gasteiger partial charge in [0.1, 0.15) is 30.5 Å².